The van der Waals surface area contributed by atoms with Gasteiger partial charge < -0.3 is 19.7 Å². The molecular formula is C27H20N6O5. The van der Waals surface area contributed by atoms with Crippen molar-refractivity contribution < 1.29 is 23.9 Å². The fraction of sp³-hybridized carbons (Fsp3) is 0.185. The molecule has 38 heavy (non-hydrogen) atoms. The minimum atomic E-state index is -1.71. The van der Waals surface area contributed by atoms with Gasteiger partial charge in [0.1, 0.15) is 17.5 Å². The molecule has 11 nitrogen and oxygen atoms in total. The lowest BCUT2D eigenvalue weighted by molar-refractivity contribution is -0.122. The lowest BCUT2D eigenvalue weighted by Crippen LogP contribution is -2.54. The number of hydrogen-bond acceptors (Lipinski definition) is 8. The zero-order valence-corrected chi connectivity index (χ0v) is 20.4. The van der Waals surface area contributed by atoms with E-state index in [9.17, 15) is 14.4 Å². The number of amides is 4. The average molecular weight is 508 g/mol. The van der Waals surface area contributed by atoms with Gasteiger partial charge in [-0.05, 0) is 47.9 Å². The van der Waals surface area contributed by atoms with Crippen LogP contribution < -0.4 is 20.1 Å². The molecule has 0 aliphatic carbocycles. The minimum Gasteiger partial charge on any atom is -0.497 e. The van der Waals surface area contributed by atoms with Crippen molar-refractivity contribution in [2.24, 2.45) is 0 Å². The molecule has 0 radical (unpaired) electrons. The molecule has 0 bridgehead atoms. The highest BCUT2D eigenvalue weighted by atomic mass is 16.5. The van der Waals surface area contributed by atoms with Gasteiger partial charge in [0.05, 0.1) is 26.5 Å². The first kappa shape index (κ1) is 24.3. The molecule has 188 valence electrons. The van der Waals surface area contributed by atoms with Crippen molar-refractivity contribution in [1.82, 2.24) is 25.5 Å². The first-order valence-electron chi connectivity index (χ1n) is 11.4. The van der Waals surface area contributed by atoms with Crippen LogP contribution in [0.5, 0.6) is 11.5 Å². The van der Waals surface area contributed by atoms with Gasteiger partial charge in [0, 0.05) is 23.9 Å². The Kier molecular flexibility index (Phi) is 6.11. The Hall–Kier alpha value is -5.42. The molecule has 2 N–H and O–H groups in total. The highest BCUT2D eigenvalue weighted by Crippen LogP contribution is 2.29. The number of urea groups is 1. The van der Waals surface area contributed by atoms with Gasteiger partial charge in [-0.1, -0.05) is 12.0 Å². The van der Waals surface area contributed by atoms with E-state index in [-0.39, 0.29) is 30.4 Å². The van der Waals surface area contributed by atoms with Gasteiger partial charge in [-0.2, -0.15) is 5.26 Å². The summed E-state index contributed by atoms with van der Waals surface area (Å²) < 4.78 is 10.6. The van der Waals surface area contributed by atoms with Crippen molar-refractivity contribution in [2.45, 2.75) is 12.1 Å². The number of hydrogen-bond donors (Lipinski definition) is 2. The molecule has 0 spiro atoms. The summed E-state index contributed by atoms with van der Waals surface area (Å²) in [4.78, 5) is 48.3. The molecule has 2 aliphatic rings. The molecule has 4 amide bonds. The fourth-order valence-electron chi connectivity index (χ4n) is 4.25. The molecule has 11 heteroatoms. The molecule has 0 unspecified atom stereocenters. The molecule has 2 aromatic heterocycles. The standard InChI is InChI=1S/C27H20N6O5/c1-37-19-6-4-17-14-33(24(34)20(17)11-19)15-27(25(35)31-26(36)32-27)10-9-22-23(38-2)8-7-21(30-22)16-3-5-18(12-28)29-13-16/h3-8,11,13H,14-15H2,1-2H3,(H2,31,32,35,36)/t27-/m1/s1. The second-order valence-corrected chi connectivity index (χ2v) is 8.54. The van der Waals surface area contributed by atoms with Crippen LogP contribution in [0.1, 0.15) is 27.3 Å². The summed E-state index contributed by atoms with van der Waals surface area (Å²) in [7, 11) is 2.97. The van der Waals surface area contributed by atoms with Crippen LogP contribution in [0.15, 0.2) is 48.7 Å². The van der Waals surface area contributed by atoms with Crippen LogP contribution in [0, 0.1) is 23.2 Å². The van der Waals surface area contributed by atoms with E-state index in [4.69, 9.17) is 14.7 Å². The van der Waals surface area contributed by atoms with E-state index in [1.165, 1.54) is 25.3 Å². The number of methoxy groups -OCH3 is 2. The first-order chi connectivity index (χ1) is 18.4. The van der Waals surface area contributed by atoms with Crippen LogP contribution in [-0.2, 0) is 11.3 Å². The molecule has 1 atom stereocenters. The van der Waals surface area contributed by atoms with E-state index >= 15 is 0 Å². The Morgan fingerprint density at radius 3 is 2.61 bits per heavy atom. The maximum Gasteiger partial charge on any atom is 0.323 e. The monoisotopic (exact) mass is 508 g/mol. The SMILES string of the molecule is COc1ccc2c(c1)C(=O)N(C[C@@]1(C#Cc3nc(-c4ccc(C#N)nc4)ccc3OC)NC(=O)NC1=O)C2. The van der Waals surface area contributed by atoms with Crippen molar-refractivity contribution in [3.05, 3.63) is 71.2 Å². The number of carbonyl (C=O) groups excluding carboxylic acids is 3. The molecule has 4 heterocycles. The summed E-state index contributed by atoms with van der Waals surface area (Å²) in [6.45, 7) is 0.0580. The number of carbonyl (C=O) groups is 3. The van der Waals surface area contributed by atoms with Crippen molar-refractivity contribution in [3.8, 4) is 40.7 Å². The van der Waals surface area contributed by atoms with E-state index in [0.29, 0.717) is 28.3 Å². The van der Waals surface area contributed by atoms with E-state index in [2.05, 4.69) is 32.4 Å². The smallest absolute Gasteiger partial charge is 0.323 e. The first-order valence-corrected chi connectivity index (χ1v) is 11.4. The van der Waals surface area contributed by atoms with Gasteiger partial charge >= 0.3 is 6.03 Å². The Labute approximate surface area is 217 Å². The number of fused-ring (bicyclic) bond motifs is 1. The molecule has 2 aliphatic heterocycles. The van der Waals surface area contributed by atoms with Crippen molar-refractivity contribution in [2.75, 3.05) is 20.8 Å². The summed E-state index contributed by atoms with van der Waals surface area (Å²) in [6.07, 6.45) is 1.52. The number of imide groups is 1. The van der Waals surface area contributed by atoms with Gasteiger partial charge in [-0.15, -0.1) is 0 Å². The molecule has 0 saturated carbocycles. The predicted octanol–water partition coefficient (Wildman–Crippen LogP) is 1.62. The van der Waals surface area contributed by atoms with Crippen LogP contribution in [0.2, 0.25) is 0 Å². The third-order valence-electron chi connectivity index (χ3n) is 6.21. The Morgan fingerprint density at radius 1 is 1.11 bits per heavy atom. The number of ether oxygens (including phenoxy) is 2. The second kappa shape index (κ2) is 9.56. The van der Waals surface area contributed by atoms with Gasteiger partial charge in [0.25, 0.3) is 11.8 Å². The van der Waals surface area contributed by atoms with Crippen molar-refractivity contribution in [3.63, 3.8) is 0 Å². The molecule has 1 fully saturated rings. The highest BCUT2D eigenvalue weighted by molar-refractivity contribution is 6.10. The van der Waals surface area contributed by atoms with Gasteiger partial charge in [0.15, 0.2) is 11.4 Å². The summed E-state index contributed by atoms with van der Waals surface area (Å²) in [6, 6.07) is 13.1. The predicted molar refractivity (Wildman–Crippen MR) is 133 cm³/mol. The lowest BCUT2D eigenvalue weighted by atomic mass is 9.99. The second-order valence-electron chi connectivity index (χ2n) is 8.54. The third kappa shape index (κ3) is 4.33. The number of benzene rings is 1. The fourth-order valence-corrected chi connectivity index (χ4v) is 4.25. The summed E-state index contributed by atoms with van der Waals surface area (Å²) in [5.41, 5.74) is 1.16. The quantitative estimate of drug-likeness (QED) is 0.390. The molecule has 1 aromatic carbocycles. The molecule has 3 aromatic rings. The average Bonchev–Trinajstić information content (AvgIpc) is 3.40. The Bertz CT molecular complexity index is 1580. The summed E-state index contributed by atoms with van der Waals surface area (Å²) in [5.74, 6) is 5.61. The highest BCUT2D eigenvalue weighted by Gasteiger charge is 2.48. The third-order valence-corrected chi connectivity index (χ3v) is 6.21. The Morgan fingerprint density at radius 2 is 1.95 bits per heavy atom. The lowest BCUT2D eigenvalue weighted by Gasteiger charge is -2.26. The van der Waals surface area contributed by atoms with E-state index in [1.807, 2.05) is 6.07 Å². The summed E-state index contributed by atoms with van der Waals surface area (Å²) >= 11 is 0. The van der Waals surface area contributed by atoms with Crippen LogP contribution in [0.25, 0.3) is 11.3 Å². The zero-order chi connectivity index (χ0) is 26.9. The largest absolute Gasteiger partial charge is 0.497 e. The van der Waals surface area contributed by atoms with E-state index in [0.717, 1.165) is 5.56 Å². The van der Waals surface area contributed by atoms with E-state index < -0.39 is 17.5 Å². The number of nitrogens with one attached hydrogen (secondary N) is 2. The Balaban J connectivity index is 1.49. The normalized spacial score (nSPS) is 17.6. The van der Waals surface area contributed by atoms with Crippen LogP contribution >= 0.6 is 0 Å². The number of rotatable bonds is 5. The summed E-state index contributed by atoms with van der Waals surface area (Å²) in [5, 5.41) is 13.8. The molecule has 5 rings (SSSR count). The van der Waals surface area contributed by atoms with Gasteiger partial charge in [-0.25, -0.2) is 14.8 Å². The van der Waals surface area contributed by atoms with Crippen LogP contribution in [0.4, 0.5) is 4.79 Å². The van der Waals surface area contributed by atoms with Crippen LogP contribution in [0.3, 0.4) is 0 Å². The van der Waals surface area contributed by atoms with Gasteiger partial charge in [-0.3, -0.25) is 14.9 Å². The van der Waals surface area contributed by atoms with Crippen LogP contribution in [-0.4, -0.2) is 59.0 Å². The van der Waals surface area contributed by atoms with E-state index in [1.54, 1.807) is 42.5 Å². The number of aromatic nitrogens is 2. The number of pyridine rings is 2. The minimum absolute atomic E-state index is 0.186. The van der Waals surface area contributed by atoms with Gasteiger partial charge in [0.2, 0.25) is 5.54 Å². The topological polar surface area (TPSA) is 147 Å². The molecular weight excluding hydrogens is 488 g/mol. The maximum atomic E-state index is 13.1. The maximum absolute atomic E-state index is 13.1. The molecule has 1 saturated heterocycles. The van der Waals surface area contributed by atoms with Crippen molar-refractivity contribution >= 4 is 17.8 Å². The number of nitriles is 1. The number of nitrogens with zero attached hydrogens (tertiary/aromatic N) is 4. The zero-order valence-electron chi connectivity index (χ0n) is 20.4. The van der Waals surface area contributed by atoms with Crippen molar-refractivity contribution in [1.29, 1.82) is 5.26 Å².